The lowest BCUT2D eigenvalue weighted by atomic mass is 10.0. The van der Waals surface area contributed by atoms with Gasteiger partial charge in [-0.1, -0.05) is 36.2 Å². The van der Waals surface area contributed by atoms with Crippen molar-refractivity contribution in [3.63, 3.8) is 0 Å². The van der Waals surface area contributed by atoms with Gasteiger partial charge in [0.2, 0.25) is 0 Å². The Hall–Kier alpha value is -2.14. The van der Waals surface area contributed by atoms with E-state index in [4.69, 9.17) is 0 Å². The summed E-state index contributed by atoms with van der Waals surface area (Å²) in [6, 6.07) is 10.2. The molecule has 1 amide bonds. The van der Waals surface area contributed by atoms with E-state index in [1.54, 1.807) is 0 Å². The molecule has 4 nitrogen and oxygen atoms in total. The number of ether oxygens (including phenoxy) is 1. The van der Waals surface area contributed by atoms with Crippen molar-refractivity contribution in [1.29, 1.82) is 0 Å². The Bertz CT molecular complexity index is 676. The Labute approximate surface area is 146 Å². The van der Waals surface area contributed by atoms with E-state index in [1.807, 2.05) is 30.5 Å². The van der Waals surface area contributed by atoms with Gasteiger partial charge in [-0.2, -0.15) is 0 Å². The van der Waals surface area contributed by atoms with Crippen molar-refractivity contribution in [2.45, 2.75) is 32.6 Å². The van der Waals surface area contributed by atoms with Crippen molar-refractivity contribution >= 4 is 23.2 Å². The van der Waals surface area contributed by atoms with Gasteiger partial charge in [-0.3, -0.25) is 9.59 Å². The molecule has 0 saturated carbocycles. The molecular weight excluding hydrogens is 322 g/mol. The summed E-state index contributed by atoms with van der Waals surface area (Å²) >= 11 is 1.46. The van der Waals surface area contributed by atoms with Crippen LogP contribution in [0.25, 0.3) is 11.1 Å². The maximum Gasteiger partial charge on any atom is 0.305 e. The summed E-state index contributed by atoms with van der Waals surface area (Å²) in [5.74, 6) is -0.214. The fraction of sp³-hybridized carbons (Fsp3) is 0.368. The lowest BCUT2D eigenvalue weighted by Crippen LogP contribution is -2.24. The Kier molecular flexibility index (Phi) is 7.00. The quantitative estimate of drug-likeness (QED) is 0.576. The Balaban J connectivity index is 1.82. The highest BCUT2D eigenvalue weighted by Gasteiger charge is 2.14. The van der Waals surface area contributed by atoms with Crippen LogP contribution in [0.3, 0.4) is 0 Å². The normalized spacial score (nSPS) is 10.4. The number of carbonyl (C=O) groups is 2. The molecule has 0 unspecified atom stereocenters. The Morgan fingerprint density at radius 1 is 1.08 bits per heavy atom. The SMILES string of the molecule is COC(=O)CCCCCNC(=O)c1sccc1-c1ccc(C)cc1. The summed E-state index contributed by atoms with van der Waals surface area (Å²) < 4.78 is 4.60. The number of hydrogen-bond acceptors (Lipinski definition) is 4. The van der Waals surface area contributed by atoms with Gasteiger partial charge in [-0.15, -0.1) is 11.3 Å². The fourth-order valence-corrected chi connectivity index (χ4v) is 3.23. The molecule has 0 atom stereocenters. The number of benzene rings is 1. The molecule has 1 N–H and O–H groups in total. The largest absolute Gasteiger partial charge is 0.469 e. The van der Waals surface area contributed by atoms with Crippen molar-refractivity contribution in [2.75, 3.05) is 13.7 Å². The van der Waals surface area contributed by atoms with Gasteiger partial charge in [0, 0.05) is 18.5 Å². The number of unbranched alkanes of at least 4 members (excludes halogenated alkanes) is 2. The van der Waals surface area contributed by atoms with Crippen molar-refractivity contribution in [3.8, 4) is 11.1 Å². The van der Waals surface area contributed by atoms with Crippen molar-refractivity contribution in [2.24, 2.45) is 0 Å². The number of thiophene rings is 1. The van der Waals surface area contributed by atoms with E-state index < -0.39 is 0 Å². The van der Waals surface area contributed by atoms with Gasteiger partial charge in [-0.25, -0.2) is 0 Å². The summed E-state index contributed by atoms with van der Waals surface area (Å²) in [5.41, 5.74) is 3.24. The third-order valence-corrected chi connectivity index (χ3v) is 4.72. The van der Waals surface area contributed by atoms with Gasteiger partial charge >= 0.3 is 5.97 Å². The van der Waals surface area contributed by atoms with Gasteiger partial charge in [0.1, 0.15) is 0 Å². The van der Waals surface area contributed by atoms with E-state index in [0.29, 0.717) is 13.0 Å². The highest BCUT2D eigenvalue weighted by molar-refractivity contribution is 7.12. The van der Waals surface area contributed by atoms with Crippen LogP contribution in [0.5, 0.6) is 0 Å². The molecule has 0 radical (unpaired) electrons. The number of methoxy groups -OCH3 is 1. The van der Waals surface area contributed by atoms with E-state index in [2.05, 4.69) is 22.2 Å². The van der Waals surface area contributed by atoms with E-state index in [0.717, 1.165) is 35.3 Å². The fourth-order valence-electron chi connectivity index (χ4n) is 2.40. The highest BCUT2D eigenvalue weighted by atomic mass is 32.1. The molecule has 0 aliphatic heterocycles. The van der Waals surface area contributed by atoms with Crippen LogP contribution in [0.2, 0.25) is 0 Å². The highest BCUT2D eigenvalue weighted by Crippen LogP contribution is 2.28. The number of aryl methyl sites for hydroxylation is 1. The zero-order valence-corrected chi connectivity index (χ0v) is 14.9. The molecule has 0 spiro atoms. The number of amides is 1. The van der Waals surface area contributed by atoms with Gasteiger partial charge in [0.15, 0.2) is 0 Å². The first-order chi connectivity index (χ1) is 11.6. The summed E-state index contributed by atoms with van der Waals surface area (Å²) in [7, 11) is 1.40. The molecule has 2 aromatic rings. The molecule has 0 fully saturated rings. The smallest absolute Gasteiger partial charge is 0.305 e. The minimum atomic E-state index is -0.180. The number of rotatable bonds is 8. The van der Waals surface area contributed by atoms with Gasteiger partial charge in [-0.05, 0) is 36.8 Å². The molecule has 1 heterocycles. The summed E-state index contributed by atoms with van der Waals surface area (Å²) in [4.78, 5) is 24.1. The molecule has 1 aromatic heterocycles. The van der Waals surface area contributed by atoms with Crippen LogP contribution in [0.4, 0.5) is 0 Å². The first kappa shape index (κ1) is 18.2. The standard InChI is InChI=1S/C19H23NO3S/c1-14-7-9-15(10-8-14)16-11-13-24-18(16)19(22)20-12-5-3-4-6-17(21)23-2/h7-11,13H,3-6,12H2,1-2H3,(H,20,22). The van der Waals surface area contributed by atoms with Crippen molar-refractivity contribution < 1.29 is 14.3 Å². The predicted octanol–water partition coefficient (Wildman–Crippen LogP) is 4.19. The second kappa shape index (κ2) is 9.23. The maximum atomic E-state index is 12.4. The molecule has 5 heteroatoms. The van der Waals surface area contributed by atoms with Gasteiger partial charge in [0.25, 0.3) is 5.91 Å². The predicted molar refractivity (Wildman–Crippen MR) is 97.3 cm³/mol. The van der Waals surface area contributed by atoms with E-state index in [-0.39, 0.29) is 11.9 Å². The van der Waals surface area contributed by atoms with E-state index in [9.17, 15) is 9.59 Å². The average molecular weight is 345 g/mol. The monoisotopic (exact) mass is 345 g/mol. The van der Waals surface area contributed by atoms with Crippen molar-refractivity contribution in [1.82, 2.24) is 5.32 Å². The van der Waals surface area contributed by atoms with Crippen LogP contribution in [0.15, 0.2) is 35.7 Å². The molecule has 24 heavy (non-hydrogen) atoms. The van der Waals surface area contributed by atoms with E-state index >= 15 is 0 Å². The number of carbonyl (C=O) groups excluding carboxylic acids is 2. The summed E-state index contributed by atoms with van der Waals surface area (Å²) in [5, 5.41) is 4.91. The Morgan fingerprint density at radius 3 is 2.54 bits per heavy atom. The minimum absolute atomic E-state index is 0.0338. The number of esters is 1. The lowest BCUT2D eigenvalue weighted by molar-refractivity contribution is -0.140. The molecule has 2 rings (SSSR count). The van der Waals surface area contributed by atoms with Crippen molar-refractivity contribution in [3.05, 3.63) is 46.2 Å². The molecular formula is C19H23NO3S. The molecule has 128 valence electrons. The molecule has 0 bridgehead atoms. The lowest BCUT2D eigenvalue weighted by Gasteiger charge is -2.07. The van der Waals surface area contributed by atoms with Crippen LogP contribution in [0.1, 0.15) is 40.9 Å². The first-order valence-corrected chi connectivity index (χ1v) is 8.99. The molecule has 0 saturated heterocycles. The van der Waals surface area contributed by atoms with Crippen LogP contribution < -0.4 is 5.32 Å². The third-order valence-electron chi connectivity index (χ3n) is 3.80. The zero-order chi connectivity index (χ0) is 17.4. The number of hydrogen-bond donors (Lipinski definition) is 1. The van der Waals surface area contributed by atoms with Crippen LogP contribution in [-0.4, -0.2) is 25.5 Å². The second-order valence-electron chi connectivity index (χ2n) is 5.67. The van der Waals surface area contributed by atoms with Crippen LogP contribution in [-0.2, 0) is 9.53 Å². The molecule has 1 aromatic carbocycles. The summed E-state index contributed by atoms with van der Waals surface area (Å²) in [6.07, 6.45) is 2.97. The minimum Gasteiger partial charge on any atom is -0.469 e. The van der Waals surface area contributed by atoms with Gasteiger partial charge < -0.3 is 10.1 Å². The zero-order valence-electron chi connectivity index (χ0n) is 14.1. The maximum absolute atomic E-state index is 12.4. The molecule has 0 aliphatic rings. The van der Waals surface area contributed by atoms with E-state index in [1.165, 1.54) is 24.0 Å². The third kappa shape index (κ3) is 5.20. The Morgan fingerprint density at radius 2 is 1.83 bits per heavy atom. The summed E-state index contributed by atoms with van der Waals surface area (Å²) in [6.45, 7) is 2.66. The van der Waals surface area contributed by atoms with Crippen LogP contribution in [0, 0.1) is 6.92 Å². The number of nitrogens with one attached hydrogen (secondary N) is 1. The topological polar surface area (TPSA) is 55.4 Å². The first-order valence-electron chi connectivity index (χ1n) is 8.11. The average Bonchev–Trinajstić information content (AvgIpc) is 3.08. The second-order valence-corrected chi connectivity index (χ2v) is 6.59. The van der Waals surface area contributed by atoms with Gasteiger partial charge in [0.05, 0.1) is 12.0 Å². The molecule has 0 aliphatic carbocycles. The van der Waals surface area contributed by atoms with Crippen LogP contribution >= 0.6 is 11.3 Å².